The van der Waals surface area contributed by atoms with Gasteiger partial charge < -0.3 is 1.43 Å². The van der Waals surface area contributed by atoms with E-state index in [0.29, 0.717) is 0 Å². The van der Waals surface area contributed by atoms with Crippen molar-refractivity contribution in [2.24, 2.45) is 0 Å². The second-order valence-electron chi connectivity index (χ2n) is 0. The summed E-state index contributed by atoms with van der Waals surface area (Å²) in [5.41, 5.74) is 0. The standard InChI is InChI=1S/ClH.HI.Li.HPS.H/c;;;1-2;/h2*1H;;1H;/q;;+1;;-1. The van der Waals surface area contributed by atoms with Gasteiger partial charge >= 0.3 is 18.9 Å². The second kappa shape index (κ2) is 35.5. The Morgan fingerprint density at radius 1 is 1.40 bits per heavy atom. The number of halogens is 2. The molecule has 0 nitrogen and oxygen atoms in total. The molecule has 0 bridgehead atoms. The third kappa shape index (κ3) is 23.0. The van der Waals surface area contributed by atoms with Crippen LogP contribution in [0, 0.1) is 0 Å². The molecule has 0 aliphatic heterocycles. The molecule has 5 heavy (non-hydrogen) atoms. The van der Waals surface area contributed by atoms with Crippen molar-refractivity contribution in [3.8, 4) is 0 Å². The van der Waals surface area contributed by atoms with Gasteiger partial charge in [0.1, 0.15) is 0 Å². The Labute approximate surface area is 75.8 Å². The topological polar surface area (TPSA) is 0 Å². The number of rotatable bonds is 0. The van der Waals surface area contributed by atoms with E-state index in [1.54, 1.807) is 0 Å². The molecule has 0 aromatic rings. The molecular formula is H4ClILiPS. The van der Waals surface area contributed by atoms with Crippen molar-refractivity contribution in [1.82, 2.24) is 0 Å². The van der Waals surface area contributed by atoms with E-state index in [1.807, 2.05) is 0 Å². The average molecular weight is 236 g/mol. The first-order valence-electron chi connectivity index (χ1n) is 0.204. The summed E-state index contributed by atoms with van der Waals surface area (Å²) in [6.07, 6.45) is 0. The molecule has 0 rings (SSSR count). The molecule has 0 fully saturated rings. The minimum atomic E-state index is 0. The fourth-order valence-electron chi connectivity index (χ4n) is 0. The number of hydrogen-bond acceptors (Lipinski definition) is 1. The van der Waals surface area contributed by atoms with Crippen LogP contribution in [0.2, 0.25) is 0 Å². The fraction of sp³-hybridized carbons (Fsp3) is 0. The maximum Gasteiger partial charge on any atom is 1.00 e. The SMILES string of the molecule is Cl.I.P=S.[H-].[Li+]. The predicted octanol–water partition coefficient (Wildman–Crippen LogP) is -1.25. The van der Waals surface area contributed by atoms with E-state index in [-0.39, 0.29) is 56.7 Å². The van der Waals surface area contributed by atoms with Gasteiger partial charge in [-0.3, -0.25) is 0 Å². The van der Waals surface area contributed by atoms with E-state index in [9.17, 15) is 0 Å². The Bertz CT molecular complexity index is 15.5. The first kappa shape index (κ1) is 27.3. The smallest absolute Gasteiger partial charge is 1.00 e. The summed E-state index contributed by atoms with van der Waals surface area (Å²) in [4.78, 5) is 0. The summed E-state index contributed by atoms with van der Waals surface area (Å²) in [6, 6.07) is 0. The van der Waals surface area contributed by atoms with Crippen LogP contribution in [0.25, 0.3) is 0 Å². The maximum absolute atomic E-state index is 3.89. The quantitative estimate of drug-likeness (QED) is 0.288. The number of hydrogen-bond donors (Lipinski definition) is 0. The van der Waals surface area contributed by atoms with Crippen LogP contribution in [-0.4, -0.2) is 0 Å². The largest absolute Gasteiger partial charge is 1.00 e. The van der Waals surface area contributed by atoms with Gasteiger partial charge in [-0.2, -0.15) is 0 Å². The molecule has 0 saturated heterocycles. The van der Waals surface area contributed by atoms with E-state index >= 15 is 0 Å². The molecule has 0 aliphatic rings. The molecule has 0 radical (unpaired) electrons. The van der Waals surface area contributed by atoms with Crippen molar-refractivity contribution in [3.05, 3.63) is 0 Å². The molecule has 0 spiro atoms. The molecule has 0 aliphatic carbocycles. The summed E-state index contributed by atoms with van der Waals surface area (Å²) in [5, 5.41) is 0. The summed E-state index contributed by atoms with van der Waals surface area (Å²) < 4.78 is 0. The molecule has 30 valence electrons. The first-order chi connectivity index (χ1) is 1.00. The van der Waals surface area contributed by atoms with Crippen molar-refractivity contribution >= 4 is 56.2 Å². The summed E-state index contributed by atoms with van der Waals surface area (Å²) >= 11 is 3.89. The van der Waals surface area contributed by atoms with Crippen molar-refractivity contribution in [2.45, 2.75) is 0 Å². The monoisotopic (exact) mass is 236 g/mol. The van der Waals surface area contributed by atoms with Crippen LogP contribution in [0.3, 0.4) is 0 Å². The van der Waals surface area contributed by atoms with Gasteiger partial charge in [-0.1, -0.05) is 11.8 Å². The van der Waals surface area contributed by atoms with Crippen LogP contribution in [0.1, 0.15) is 1.43 Å². The second-order valence-corrected chi connectivity index (χ2v) is 0. The van der Waals surface area contributed by atoms with Gasteiger partial charge in [0.05, 0.1) is 0 Å². The normalized spacial score (nSPS) is 0.800. The Morgan fingerprint density at radius 3 is 1.40 bits per heavy atom. The average Bonchev–Trinajstić information content (AvgIpc) is 1.00. The summed E-state index contributed by atoms with van der Waals surface area (Å²) in [5.74, 6) is 0. The van der Waals surface area contributed by atoms with Crippen LogP contribution in [-0.2, 0) is 11.8 Å². The third-order valence-electron chi connectivity index (χ3n) is 0. The van der Waals surface area contributed by atoms with Gasteiger partial charge in [0.25, 0.3) is 0 Å². The minimum absolute atomic E-state index is 0. The Kier molecular flexibility index (Phi) is 194. The molecule has 0 aromatic carbocycles. The maximum atomic E-state index is 3.89. The van der Waals surface area contributed by atoms with E-state index in [1.165, 1.54) is 0 Å². The molecular weight excluding hydrogens is 232 g/mol. The molecule has 0 saturated carbocycles. The van der Waals surface area contributed by atoms with Crippen LogP contribution in [0.5, 0.6) is 0 Å². The fourth-order valence-corrected chi connectivity index (χ4v) is 0. The predicted molar refractivity (Wildman–Crippen MR) is 39.5 cm³/mol. The van der Waals surface area contributed by atoms with Crippen molar-refractivity contribution < 1.29 is 20.3 Å². The van der Waals surface area contributed by atoms with Crippen molar-refractivity contribution in [3.63, 3.8) is 0 Å². The van der Waals surface area contributed by atoms with Gasteiger partial charge in [0.15, 0.2) is 0 Å². The van der Waals surface area contributed by atoms with Crippen molar-refractivity contribution in [2.75, 3.05) is 0 Å². The van der Waals surface area contributed by atoms with Crippen LogP contribution in [0.4, 0.5) is 0 Å². The Hall–Kier alpha value is 2.14. The zero-order chi connectivity index (χ0) is 2.00. The van der Waals surface area contributed by atoms with E-state index < -0.39 is 0 Å². The first-order valence-corrected chi connectivity index (χ1v) is 1.84. The molecule has 0 aromatic heterocycles. The molecule has 0 atom stereocenters. The summed E-state index contributed by atoms with van der Waals surface area (Å²) in [6.45, 7) is 0. The van der Waals surface area contributed by atoms with E-state index in [2.05, 4.69) is 19.8 Å². The zero-order valence-electron chi connectivity index (χ0n) is 3.72. The summed E-state index contributed by atoms with van der Waals surface area (Å²) in [7, 11) is 2.56. The van der Waals surface area contributed by atoms with E-state index in [4.69, 9.17) is 0 Å². The van der Waals surface area contributed by atoms with Gasteiger partial charge in [-0.15, -0.1) is 36.4 Å². The van der Waals surface area contributed by atoms with Crippen LogP contribution < -0.4 is 18.9 Å². The van der Waals surface area contributed by atoms with Crippen molar-refractivity contribution in [1.29, 1.82) is 0 Å². The Balaban J connectivity index is -0.000000000833. The van der Waals surface area contributed by atoms with Gasteiger partial charge in [-0.25, -0.2) is 0 Å². The van der Waals surface area contributed by atoms with Gasteiger partial charge in [0.2, 0.25) is 0 Å². The van der Waals surface area contributed by atoms with E-state index in [0.717, 1.165) is 0 Å². The van der Waals surface area contributed by atoms with Crippen LogP contribution >= 0.6 is 44.4 Å². The van der Waals surface area contributed by atoms with Crippen LogP contribution in [0.15, 0.2) is 0 Å². The Morgan fingerprint density at radius 2 is 1.40 bits per heavy atom. The molecule has 0 amide bonds. The zero-order valence-corrected chi connectivity index (χ0v) is 7.69. The van der Waals surface area contributed by atoms with Gasteiger partial charge in [-0.05, 0) is 8.02 Å². The van der Waals surface area contributed by atoms with Gasteiger partial charge in [0, 0.05) is 0 Å². The molecule has 0 unspecified atom stereocenters. The minimum Gasteiger partial charge on any atom is -1.00 e. The molecule has 5 heteroatoms. The molecule has 0 N–H and O–H groups in total. The third-order valence-corrected chi connectivity index (χ3v) is 0. The molecule has 0 heterocycles.